The third-order valence-electron chi connectivity index (χ3n) is 2.62. The monoisotopic (exact) mass is 178 g/mol. The van der Waals surface area contributed by atoms with Gasteiger partial charge in [0.05, 0.1) is 0 Å². The lowest BCUT2D eigenvalue weighted by molar-refractivity contribution is 0.459. The molecule has 2 rings (SSSR count). The zero-order valence-electron chi connectivity index (χ0n) is 7.46. The summed E-state index contributed by atoms with van der Waals surface area (Å²) in [6, 6.07) is 5.40. The molecule has 1 aliphatic rings. The molecule has 0 bridgehead atoms. The van der Waals surface area contributed by atoms with Gasteiger partial charge in [0.1, 0.15) is 5.75 Å². The van der Waals surface area contributed by atoms with E-state index in [1.165, 1.54) is 0 Å². The first-order chi connectivity index (χ1) is 6.15. The third-order valence-corrected chi connectivity index (χ3v) is 2.62. The Morgan fingerprint density at radius 3 is 2.62 bits per heavy atom. The van der Waals surface area contributed by atoms with Crippen LogP contribution in [0.5, 0.6) is 5.75 Å². The van der Waals surface area contributed by atoms with Gasteiger partial charge in [-0.15, -0.1) is 0 Å². The first-order valence-corrected chi connectivity index (χ1v) is 4.47. The highest BCUT2D eigenvalue weighted by Crippen LogP contribution is 2.46. The van der Waals surface area contributed by atoms with Crippen molar-refractivity contribution < 1.29 is 5.11 Å². The lowest BCUT2D eigenvalue weighted by atomic mass is 10.0. The molecule has 0 unspecified atom stereocenters. The van der Waals surface area contributed by atoms with Crippen LogP contribution >= 0.6 is 0 Å². The zero-order valence-corrected chi connectivity index (χ0v) is 7.46. The maximum Gasteiger partial charge on any atom is 0.120 e. The van der Waals surface area contributed by atoms with Gasteiger partial charge in [-0.05, 0) is 30.5 Å². The van der Waals surface area contributed by atoms with Crippen LogP contribution in [-0.4, -0.2) is 5.11 Å². The van der Waals surface area contributed by atoms with Gasteiger partial charge in [0, 0.05) is 17.6 Å². The summed E-state index contributed by atoms with van der Waals surface area (Å²) in [5.74, 6) is 0.289. The summed E-state index contributed by atoms with van der Waals surface area (Å²) in [5.41, 5.74) is 13.1. The Morgan fingerprint density at radius 2 is 2.08 bits per heavy atom. The van der Waals surface area contributed by atoms with E-state index < -0.39 is 0 Å². The second-order valence-electron chi connectivity index (χ2n) is 3.71. The first kappa shape index (κ1) is 8.53. The first-order valence-electron chi connectivity index (χ1n) is 4.47. The van der Waals surface area contributed by atoms with Crippen LogP contribution in [0, 0.1) is 0 Å². The van der Waals surface area contributed by atoms with E-state index in [2.05, 4.69) is 0 Å². The molecule has 0 saturated heterocycles. The topological polar surface area (TPSA) is 72.3 Å². The van der Waals surface area contributed by atoms with Crippen LogP contribution in [0.3, 0.4) is 0 Å². The standard InChI is InChI=1S/C10H14N2O/c11-6-7-1-2-9(13)8(5-7)10(12)3-4-10/h1-2,5,13H,3-4,6,11-12H2. The molecule has 5 N–H and O–H groups in total. The van der Waals surface area contributed by atoms with Crippen molar-refractivity contribution in [2.24, 2.45) is 11.5 Å². The van der Waals surface area contributed by atoms with Crippen LogP contribution in [0.1, 0.15) is 24.0 Å². The average molecular weight is 178 g/mol. The predicted octanol–water partition coefficient (Wildman–Crippen LogP) is 0.799. The maximum atomic E-state index is 9.59. The minimum absolute atomic E-state index is 0.282. The molecule has 0 aliphatic heterocycles. The Morgan fingerprint density at radius 1 is 1.38 bits per heavy atom. The highest BCUT2D eigenvalue weighted by molar-refractivity contribution is 5.43. The second-order valence-corrected chi connectivity index (χ2v) is 3.71. The van der Waals surface area contributed by atoms with E-state index in [9.17, 15) is 5.11 Å². The summed E-state index contributed by atoms with van der Waals surface area (Å²) in [6.07, 6.45) is 1.91. The van der Waals surface area contributed by atoms with Crippen molar-refractivity contribution in [3.05, 3.63) is 29.3 Å². The largest absolute Gasteiger partial charge is 0.508 e. The number of phenols is 1. The van der Waals surface area contributed by atoms with Crippen molar-refractivity contribution in [2.75, 3.05) is 0 Å². The molecule has 3 nitrogen and oxygen atoms in total. The van der Waals surface area contributed by atoms with Crippen molar-refractivity contribution in [3.8, 4) is 5.75 Å². The van der Waals surface area contributed by atoms with Gasteiger partial charge in [-0.1, -0.05) is 6.07 Å². The average Bonchev–Trinajstić information content (AvgIpc) is 2.86. The summed E-state index contributed by atoms with van der Waals surface area (Å²) in [4.78, 5) is 0. The summed E-state index contributed by atoms with van der Waals surface area (Å²) >= 11 is 0. The highest BCUT2D eigenvalue weighted by Gasteiger charge is 2.41. The molecule has 0 heterocycles. The van der Waals surface area contributed by atoms with E-state index in [0.717, 1.165) is 24.0 Å². The van der Waals surface area contributed by atoms with Crippen molar-refractivity contribution >= 4 is 0 Å². The smallest absolute Gasteiger partial charge is 0.120 e. The van der Waals surface area contributed by atoms with Crippen molar-refractivity contribution in [2.45, 2.75) is 24.9 Å². The Kier molecular flexibility index (Phi) is 1.78. The molecule has 1 fully saturated rings. The molecule has 1 aliphatic carbocycles. The number of hydrogen-bond acceptors (Lipinski definition) is 3. The van der Waals surface area contributed by atoms with E-state index in [0.29, 0.717) is 6.54 Å². The Bertz CT molecular complexity index is 332. The number of rotatable bonds is 2. The van der Waals surface area contributed by atoms with Crippen LogP contribution in [-0.2, 0) is 12.1 Å². The van der Waals surface area contributed by atoms with Gasteiger partial charge in [0.25, 0.3) is 0 Å². The van der Waals surface area contributed by atoms with Crippen LogP contribution in [0.2, 0.25) is 0 Å². The summed E-state index contributed by atoms with van der Waals surface area (Å²) in [5, 5.41) is 9.59. The lowest BCUT2D eigenvalue weighted by Gasteiger charge is -2.12. The van der Waals surface area contributed by atoms with Crippen molar-refractivity contribution in [3.63, 3.8) is 0 Å². The summed E-state index contributed by atoms with van der Waals surface area (Å²) < 4.78 is 0. The van der Waals surface area contributed by atoms with Gasteiger partial charge >= 0.3 is 0 Å². The maximum absolute atomic E-state index is 9.59. The van der Waals surface area contributed by atoms with Crippen LogP contribution < -0.4 is 11.5 Å². The number of benzene rings is 1. The fourth-order valence-corrected chi connectivity index (χ4v) is 1.51. The fraction of sp³-hybridized carbons (Fsp3) is 0.400. The molecule has 1 aromatic carbocycles. The number of hydrogen-bond donors (Lipinski definition) is 3. The summed E-state index contributed by atoms with van der Waals surface area (Å²) in [7, 11) is 0. The van der Waals surface area contributed by atoms with E-state index in [1.807, 2.05) is 12.1 Å². The van der Waals surface area contributed by atoms with Crippen LogP contribution in [0.15, 0.2) is 18.2 Å². The quantitative estimate of drug-likeness (QED) is 0.627. The molecular formula is C10H14N2O. The van der Waals surface area contributed by atoms with Gasteiger partial charge in [0.2, 0.25) is 0 Å². The third kappa shape index (κ3) is 1.41. The SMILES string of the molecule is NCc1ccc(O)c(C2(N)CC2)c1. The Hall–Kier alpha value is -1.06. The Balaban J connectivity index is 2.43. The highest BCUT2D eigenvalue weighted by atomic mass is 16.3. The van der Waals surface area contributed by atoms with Crippen molar-refractivity contribution in [1.29, 1.82) is 0 Å². The molecule has 13 heavy (non-hydrogen) atoms. The van der Waals surface area contributed by atoms with Crippen molar-refractivity contribution in [1.82, 2.24) is 0 Å². The Labute approximate surface area is 77.4 Å². The fourth-order valence-electron chi connectivity index (χ4n) is 1.51. The van der Waals surface area contributed by atoms with E-state index in [-0.39, 0.29) is 11.3 Å². The molecule has 1 saturated carbocycles. The molecule has 0 spiro atoms. The van der Waals surface area contributed by atoms with E-state index in [4.69, 9.17) is 11.5 Å². The minimum atomic E-state index is -0.282. The molecular weight excluding hydrogens is 164 g/mol. The van der Waals surface area contributed by atoms with Gasteiger partial charge in [-0.2, -0.15) is 0 Å². The van der Waals surface area contributed by atoms with Gasteiger partial charge in [-0.3, -0.25) is 0 Å². The molecule has 0 atom stereocenters. The number of phenolic OH excluding ortho intramolecular Hbond substituents is 1. The predicted molar refractivity (Wildman–Crippen MR) is 51.1 cm³/mol. The minimum Gasteiger partial charge on any atom is -0.508 e. The molecule has 0 aromatic heterocycles. The van der Waals surface area contributed by atoms with Crippen LogP contribution in [0.25, 0.3) is 0 Å². The van der Waals surface area contributed by atoms with Gasteiger partial charge in [0.15, 0.2) is 0 Å². The number of aromatic hydroxyl groups is 1. The molecule has 3 heteroatoms. The molecule has 70 valence electrons. The molecule has 0 amide bonds. The lowest BCUT2D eigenvalue weighted by Crippen LogP contribution is -2.19. The molecule has 1 aromatic rings. The zero-order chi connectivity index (χ0) is 9.47. The van der Waals surface area contributed by atoms with E-state index >= 15 is 0 Å². The van der Waals surface area contributed by atoms with Crippen LogP contribution in [0.4, 0.5) is 0 Å². The second kappa shape index (κ2) is 2.72. The molecule has 0 radical (unpaired) electrons. The van der Waals surface area contributed by atoms with Gasteiger partial charge in [-0.25, -0.2) is 0 Å². The summed E-state index contributed by atoms with van der Waals surface area (Å²) in [6.45, 7) is 0.489. The van der Waals surface area contributed by atoms with Gasteiger partial charge < -0.3 is 16.6 Å². The normalized spacial score (nSPS) is 18.6. The number of nitrogens with two attached hydrogens (primary N) is 2. The van der Waals surface area contributed by atoms with E-state index in [1.54, 1.807) is 6.07 Å².